The molecule has 27 heavy (non-hydrogen) atoms. The number of guanidine groups is 1. The number of ether oxygens (including phenoxy) is 1. The molecule has 0 atom stereocenters. The van der Waals surface area contributed by atoms with Crippen LogP contribution in [0.4, 0.5) is 0 Å². The number of hydrogen-bond donors (Lipinski definition) is 1. The van der Waals surface area contributed by atoms with Crippen molar-refractivity contribution in [2.24, 2.45) is 4.99 Å². The van der Waals surface area contributed by atoms with Gasteiger partial charge in [-0.2, -0.15) is 0 Å². The molecule has 0 spiro atoms. The van der Waals surface area contributed by atoms with E-state index >= 15 is 0 Å². The van der Waals surface area contributed by atoms with Crippen molar-refractivity contribution in [1.82, 2.24) is 10.2 Å². The monoisotopic (exact) mass is 365 g/mol. The fourth-order valence-electron chi connectivity index (χ4n) is 3.87. The van der Waals surface area contributed by atoms with Crippen molar-refractivity contribution in [2.45, 2.75) is 31.7 Å². The lowest BCUT2D eigenvalue weighted by Gasteiger charge is -2.39. The summed E-state index contributed by atoms with van der Waals surface area (Å²) >= 11 is 0. The van der Waals surface area contributed by atoms with Gasteiger partial charge in [-0.3, -0.25) is 4.99 Å². The zero-order valence-electron chi connectivity index (χ0n) is 16.7. The molecule has 0 bridgehead atoms. The lowest BCUT2D eigenvalue weighted by Crippen LogP contribution is -2.48. The second-order valence-corrected chi connectivity index (χ2v) is 7.44. The quantitative estimate of drug-likeness (QED) is 0.648. The van der Waals surface area contributed by atoms with Crippen molar-refractivity contribution < 1.29 is 4.74 Å². The first kappa shape index (κ1) is 19.4. The van der Waals surface area contributed by atoms with E-state index < -0.39 is 0 Å². The average Bonchev–Trinajstić information content (AvgIpc) is 2.71. The zero-order valence-corrected chi connectivity index (χ0v) is 16.7. The van der Waals surface area contributed by atoms with E-state index in [9.17, 15) is 0 Å². The van der Waals surface area contributed by atoms with Gasteiger partial charge in [0, 0.05) is 45.8 Å². The zero-order chi connectivity index (χ0) is 19.1. The van der Waals surface area contributed by atoms with Gasteiger partial charge < -0.3 is 15.0 Å². The SMILES string of the molecule is CN=C(NCC1(c2ccccc2)CCOCC1)N(C)Cc1ccccc1C. The van der Waals surface area contributed by atoms with Gasteiger partial charge in [0.05, 0.1) is 0 Å². The van der Waals surface area contributed by atoms with Gasteiger partial charge >= 0.3 is 0 Å². The number of nitrogens with one attached hydrogen (secondary N) is 1. The predicted octanol–water partition coefficient (Wildman–Crippen LogP) is 3.75. The van der Waals surface area contributed by atoms with Crippen LogP contribution in [0.1, 0.15) is 29.5 Å². The fourth-order valence-corrected chi connectivity index (χ4v) is 3.87. The summed E-state index contributed by atoms with van der Waals surface area (Å²) in [6.45, 7) is 5.49. The fraction of sp³-hybridized carbons (Fsp3) is 0.435. The predicted molar refractivity (Wildman–Crippen MR) is 112 cm³/mol. The Balaban J connectivity index is 1.71. The average molecular weight is 366 g/mol. The molecule has 1 heterocycles. The number of aliphatic imine (C=N–C) groups is 1. The Morgan fingerprint density at radius 2 is 1.74 bits per heavy atom. The van der Waals surface area contributed by atoms with Crippen LogP contribution in [0.5, 0.6) is 0 Å². The van der Waals surface area contributed by atoms with Crippen LogP contribution >= 0.6 is 0 Å². The molecule has 0 amide bonds. The molecule has 1 aliphatic heterocycles. The second-order valence-electron chi connectivity index (χ2n) is 7.44. The topological polar surface area (TPSA) is 36.9 Å². The minimum Gasteiger partial charge on any atom is -0.381 e. The third-order valence-electron chi connectivity index (χ3n) is 5.66. The standard InChI is InChI=1S/C23H31N3O/c1-19-9-7-8-10-20(19)17-26(3)22(24-2)25-18-23(13-15-27-16-14-23)21-11-5-4-6-12-21/h4-12H,13-18H2,1-3H3,(H,24,25). The van der Waals surface area contributed by atoms with Gasteiger partial charge in [-0.25, -0.2) is 0 Å². The number of rotatable bonds is 5. The molecule has 2 aromatic rings. The molecule has 1 fully saturated rings. The van der Waals surface area contributed by atoms with Crippen LogP contribution in [0.2, 0.25) is 0 Å². The summed E-state index contributed by atoms with van der Waals surface area (Å²) in [5.41, 5.74) is 4.12. The lowest BCUT2D eigenvalue weighted by atomic mass is 9.74. The van der Waals surface area contributed by atoms with Crippen molar-refractivity contribution in [3.8, 4) is 0 Å². The van der Waals surface area contributed by atoms with Gasteiger partial charge in [-0.05, 0) is 36.5 Å². The van der Waals surface area contributed by atoms with Crippen LogP contribution in [-0.4, -0.2) is 44.7 Å². The molecule has 144 valence electrons. The Morgan fingerprint density at radius 1 is 1.07 bits per heavy atom. The van der Waals surface area contributed by atoms with Crippen LogP contribution in [-0.2, 0) is 16.7 Å². The molecule has 0 radical (unpaired) electrons. The van der Waals surface area contributed by atoms with Crippen molar-refractivity contribution >= 4 is 5.96 Å². The Labute approximate surface area is 163 Å². The molecule has 1 aliphatic rings. The lowest BCUT2D eigenvalue weighted by molar-refractivity contribution is 0.0512. The van der Waals surface area contributed by atoms with E-state index in [0.29, 0.717) is 0 Å². The molecule has 2 aromatic carbocycles. The molecule has 1 saturated heterocycles. The maximum absolute atomic E-state index is 5.65. The van der Waals surface area contributed by atoms with Gasteiger partial charge in [0.1, 0.15) is 0 Å². The highest BCUT2D eigenvalue weighted by atomic mass is 16.5. The van der Waals surface area contributed by atoms with Gasteiger partial charge in [-0.15, -0.1) is 0 Å². The highest BCUT2D eigenvalue weighted by Crippen LogP contribution is 2.34. The summed E-state index contributed by atoms with van der Waals surface area (Å²) in [6, 6.07) is 19.4. The summed E-state index contributed by atoms with van der Waals surface area (Å²) < 4.78 is 5.65. The van der Waals surface area contributed by atoms with Crippen LogP contribution in [0.25, 0.3) is 0 Å². The number of nitrogens with zero attached hydrogens (tertiary/aromatic N) is 2. The first-order valence-corrected chi connectivity index (χ1v) is 9.74. The highest BCUT2D eigenvalue weighted by Gasteiger charge is 2.34. The molecular weight excluding hydrogens is 334 g/mol. The van der Waals surface area contributed by atoms with Crippen molar-refractivity contribution in [3.05, 3.63) is 71.3 Å². The normalized spacial score (nSPS) is 16.8. The molecule has 3 rings (SSSR count). The van der Waals surface area contributed by atoms with Crippen LogP contribution in [0.15, 0.2) is 59.6 Å². The smallest absolute Gasteiger partial charge is 0.193 e. The molecule has 1 N–H and O–H groups in total. The van der Waals surface area contributed by atoms with E-state index in [4.69, 9.17) is 4.74 Å². The van der Waals surface area contributed by atoms with E-state index in [1.807, 2.05) is 7.05 Å². The number of hydrogen-bond acceptors (Lipinski definition) is 2. The second kappa shape index (κ2) is 9.05. The maximum atomic E-state index is 5.65. The Bertz CT molecular complexity index is 751. The van der Waals surface area contributed by atoms with Crippen LogP contribution in [0.3, 0.4) is 0 Å². The third-order valence-corrected chi connectivity index (χ3v) is 5.66. The van der Waals surface area contributed by atoms with E-state index in [1.54, 1.807) is 0 Å². The van der Waals surface area contributed by atoms with Gasteiger partial charge in [0.25, 0.3) is 0 Å². The number of benzene rings is 2. The largest absolute Gasteiger partial charge is 0.381 e. The summed E-state index contributed by atoms with van der Waals surface area (Å²) in [5.74, 6) is 0.931. The van der Waals surface area contributed by atoms with Crippen molar-refractivity contribution in [1.29, 1.82) is 0 Å². The minimum atomic E-state index is 0.0962. The molecule has 0 unspecified atom stereocenters. The van der Waals surface area contributed by atoms with E-state index in [1.165, 1.54) is 16.7 Å². The van der Waals surface area contributed by atoms with E-state index in [2.05, 4.69) is 83.8 Å². The Hall–Kier alpha value is -2.33. The summed E-state index contributed by atoms with van der Waals surface area (Å²) in [4.78, 5) is 6.72. The number of aryl methyl sites for hydroxylation is 1. The van der Waals surface area contributed by atoms with Crippen molar-refractivity contribution in [3.63, 3.8) is 0 Å². The molecule has 4 nitrogen and oxygen atoms in total. The molecule has 0 aliphatic carbocycles. The summed E-state index contributed by atoms with van der Waals surface area (Å²) in [5, 5.41) is 3.64. The Morgan fingerprint density at radius 3 is 2.41 bits per heavy atom. The first-order valence-electron chi connectivity index (χ1n) is 9.74. The molecule has 0 saturated carbocycles. The molecular formula is C23H31N3O. The van der Waals surface area contributed by atoms with Crippen LogP contribution in [0, 0.1) is 6.92 Å². The van der Waals surface area contributed by atoms with Gasteiger partial charge in [0.2, 0.25) is 0 Å². The summed E-state index contributed by atoms with van der Waals surface area (Å²) in [6.07, 6.45) is 2.06. The highest BCUT2D eigenvalue weighted by molar-refractivity contribution is 5.79. The minimum absolute atomic E-state index is 0.0962. The molecule has 0 aromatic heterocycles. The first-order chi connectivity index (χ1) is 13.1. The third kappa shape index (κ3) is 4.69. The Kier molecular flexibility index (Phi) is 6.51. The van der Waals surface area contributed by atoms with Crippen molar-refractivity contribution in [2.75, 3.05) is 33.9 Å². The molecule has 4 heteroatoms. The van der Waals surface area contributed by atoms with Gasteiger partial charge in [-0.1, -0.05) is 54.6 Å². The summed E-state index contributed by atoms with van der Waals surface area (Å²) in [7, 11) is 3.96. The van der Waals surface area contributed by atoms with E-state index in [0.717, 1.165) is 45.1 Å². The van der Waals surface area contributed by atoms with E-state index in [-0.39, 0.29) is 5.41 Å². The maximum Gasteiger partial charge on any atom is 0.193 e. The van der Waals surface area contributed by atoms with Crippen LogP contribution < -0.4 is 5.32 Å². The van der Waals surface area contributed by atoms with Gasteiger partial charge in [0.15, 0.2) is 5.96 Å².